The molecule has 0 saturated heterocycles. The van der Waals surface area contributed by atoms with Crippen LogP contribution in [0.5, 0.6) is 17.2 Å². The van der Waals surface area contributed by atoms with Gasteiger partial charge in [0, 0.05) is 16.7 Å². The number of Topliss-reactive ketones (excluding diaryl/α,β-unsaturated/α-hetero) is 1. The fourth-order valence-electron chi connectivity index (χ4n) is 4.35. The van der Waals surface area contributed by atoms with Crippen molar-refractivity contribution in [1.29, 1.82) is 0 Å². The molecule has 0 atom stereocenters. The lowest BCUT2D eigenvalue weighted by molar-refractivity contribution is 0.102. The maximum absolute atomic E-state index is 13.9. The molecule has 1 heterocycles. The normalized spacial score (nSPS) is 13.9. The number of hydrogen-bond acceptors (Lipinski definition) is 6. The van der Waals surface area contributed by atoms with Crippen LogP contribution in [0.15, 0.2) is 72.4 Å². The maximum Gasteiger partial charge on any atom is 0.189 e. The summed E-state index contributed by atoms with van der Waals surface area (Å²) in [6.07, 6.45) is 5.05. The second-order valence-corrected chi connectivity index (χ2v) is 8.72. The second kappa shape index (κ2) is 10.7. The highest BCUT2D eigenvalue weighted by Crippen LogP contribution is 2.32. The topological polar surface area (TPSA) is 75.5 Å². The molecule has 1 aliphatic rings. The van der Waals surface area contributed by atoms with Gasteiger partial charge in [0.1, 0.15) is 23.9 Å². The number of allylic oxidation sites excluding steroid dienone is 1. The van der Waals surface area contributed by atoms with Crippen molar-refractivity contribution >= 4 is 11.9 Å². The molecule has 0 radical (unpaired) electrons. The zero-order valence-electron chi connectivity index (χ0n) is 20.6. The first-order valence-electron chi connectivity index (χ1n) is 11.9. The van der Waals surface area contributed by atoms with E-state index in [9.17, 15) is 9.18 Å². The molecule has 0 N–H and O–H groups in total. The second-order valence-electron chi connectivity index (χ2n) is 8.72. The van der Waals surface area contributed by atoms with Gasteiger partial charge in [0.2, 0.25) is 0 Å². The number of ketones is 1. The Morgan fingerprint density at radius 3 is 2.68 bits per heavy atom. The molecule has 0 fully saturated rings. The number of benzene rings is 3. The van der Waals surface area contributed by atoms with Crippen molar-refractivity contribution in [2.75, 3.05) is 14.2 Å². The van der Waals surface area contributed by atoms with Crippen molar-refractivity contribution in [2.24, 2.45) is 0 Å². The molecule has 0 unspecified atom stereocenters. The number of carbonyl (C=O) groups excluding carboxylic acids is 1. The molecule has 0 spiro atoms. The first-order valence-corrected chi connectivity index (χ1v) is 11.9. The Bertz CT molecular complexity index is 1480. The van der Waals surface area contributed by atoms with Crippen molar-refractivity contribution in [3.05, 3.63) is 106 Å². The van der Waals surface area contributed by atoms with Crippen LogP contribution in [0.3, 0.4) is 0 Å². The van der Waals surface area contributed by atoms with E-state index in [4.69, 9.17) is 14.2 Å². The molecular formula is C29H26FN3O4. The van der Waals surface area contributed by atoms with Crippen LogP contribution in [-0.2, 0) is 19.6 Å². The summed E-state index contributed by atoms with van der Waals surface area (Å²) < 4.78 is 32.2. The van der Waals surface area contributed by atoms with E-state index in [1.807, 2.05) is 36.4 Å². The van der Waals surface area contributed by atoms with E-state index in [1.165, 1.54) is 6.07 Å². The molecule has 1 aromatic heterocycles. The molecule has 0 amide bonds. The lowest BCUT2D eigenvalue weighted by Gasteiger charge is -2.18. The molecule has 37 heavy (non-hydrogen) atoms. The molecule has 0 saturated carbocycles. The lowest BCUT2D eigenvalue weighted by Crippen LogP contribution is -2.14. The number of aryl methyl sites for hydroxylation is 1. The molecule has 5 rings (SSSR count). The van der Waals surface area contributed by atoms with Gasteiger partial charge in [0.25, 0.3) is 0 Å². The highest BCUT2D eigenvalue weighted by molar-refractivity contribution is 6.13. The highest BCUT2D eigenvalue weighted by atomic mass is 19.1. The molecule has 8 heteroatoms. The van der Waals surface area contributed by atoms with Gasteiger partial charge in [-0.05, 0) is 66.4 Å². The van der Waals surface area contributed by atoms with Gasteiger partial charge in [-0.1, -0.05) is 29.5 Å². The molecule has 1 aliphatic carbocycles. The Morgan fingerprint density at radius 2 is 1.86 bits per heavy atom. The summed E-state index contributed by atoms with van der Waals surface area (Å²) >= 11 is 0. The highest BCUT2D eigenvalue weighted by Gasteiger charge is 2.22. The summed E-state index contributed by atoms with van der Waals surface area (Å²) in [5.74, 6) is 1.59. The zero-order chi connectivity index (χ0) is 25.8. The van der Waals surface area contributed by atoms with E-state index in [-0.39, 0.29) is 24.8 Å². The number of ether oxygens (including phenoxy) is 3. The minimum absolute atomic E-state index is 0.0293. The number of nitrogens with zero attached hydrogens (tertiary/aromatic N) is 3. The van der Waals surface area contributed by atoms with Crippen LogP contribution < -0.4 is 14.2 Å². The number of hydrogen-bond donors (Lipinski definition) is 0. The summed E-state index contributed by atoms with van der Waals surface area (Å²) in [6, 6.07) is 17.7. The summed E-state index contributed by atoms with van der Waals surface area (Å²) in [7, 11) is 3.19. The number of aromatic nitrogens is 3. The van der Waals surface area contributed by atoms with Crippen molar-refractivity contribution in [3.8, 4) is 17.2 Å². The maximum atomic E-state index is 13.9. The Labute approximate surface area is 214 Å². The van der Waals surface area contributed by atoms with Gasteiger partial charge in [0.15, 0.2) is 17.3 Å². The number of carbonyl (C=O) groups is 1. The molecule has 3 aromatic carbocycles. The van der Waals surface area contributed by atoms with Gasteiger partial charge in [-0.2, -0.15) is 0 Å². The summed E-state index contributed by atoms with van der Waals surface area (Å²) in [5.41, 5.74) is 4.46. The predicted octanol–water partition coefficient (Wildman–Crippen LogP) is 5.27. The average Bonchev–Trinajstić information content (AvgIpc) is 3.37. The fraction of sp³-hybridized carbons (Fsp3) is 0.207. The largest absolute Gasteiger partial charge is 0.497 e. The van der Waals surface area contributed by atoms with Crippen LogP contribution in [0, 0.1) is 5.82 Å². The Hall–Kier alpha value is -4.46. The lowest BCUT2D eigenvalue weighted by atomic mass is 9.86. The van der Waals surface area contributed by atoms with E-state index in [0.29, 0.717) is 34.7 Å². The Balaban J connectivity index is 1.26. The summed E-state index contributed by atoms with van der Waals surface area (Å²) in [4.78, 5) is 13.0. The van der Waals surface area contributed by atoms with Crippen LogP contribution in [0.25, 0.3) is 6.08 Å². The number of fused-ring (bicyclic) bond motifs is 1. The van der Waals surface area contributed by atoms with Gasteiger partial charge in [-0.25, -0.2) is 9.07 Å². The molecule has 4 aromatic rings. The third-order valence-electron chi connectivity index (χ3n) is 6.29. The predicted molar refractivity (Wildman–Crippen MR) is 136 cm³/mol. The third kappa shape index (κ3) is 5.38. The monoisotopic (exact) mass is 499 g/mol. The van der Waals surface area contributed by atoms with Crippen LogP contribution in [-0.4, -0.2) is 35.0 Å². The quantitative estimate of drug-likeness (QED) is 0.307. The van der Waals surface area contributed by atoms with E-state index in [0.717, 1.165) is 28.9 Å². The average molecular weight is 500 g/mol. The molecule has 188 valence electrons. The fourth-order valence-corrected chi connectivity index (χ4v) is 4.35. The Morgan fingerprint density at radius 1 is 1.00 bits per heavy atom. The van der Waals surface area contributed by atoms with Gasteiger partial charge >= 0.3 is 0 Å². The summed E-state index contributed by atoms with van der Waals surface area (Å²) in [6.45, 7) is 0.454. The van der Waals surface area contributed by atoms with E-state index in [1.54, 1.807) is 49.4 Å². The standard InChI is InChI=1S/C29H26FN3O4/c1-35-24-10-11-25-20(15-24)8-9-21(29(25)34)13-19-7-12-27(28(14-19)36-2)37-18-23-17-33(32-31-23)16-22-5-3-4-6-26(22)30/h3-7,10-15,17H,8-9,16,18H2,1-2H3/b21-13+. The van der Waals surface area contributed by atoms with Crippen LogP contribution >= 0.6 is 0 Å². The third-order valence-corrected chi connectivity index (χ3v) is 6.29. The van der Waals surface area contributed by atoms with Crippen molar-refractivity contribution < 1.29 is 23.4 Å². The van der Waals surface area contributed by atoms with E-state index >= 15 is 0 Å². The zero-order valence-corrected chi connectivity index (χ0v) is 20.6. The van der Waals surface area contributed by atoms with Crippen molar-refractivity contribution in [3.63, 3.8) is 0 Å². The molecule has 7 nitrogen and oxygen atoms in total. The number of halogens is 1. The van der Waals surface area contributed by atoms with Gasteiger partial charge in [-0.15, -0.1) is 5.10 Å². The first-order chi connectivity index (χ1) is 18.0. The van der Waals surface area contributed by atoms with E-state index in [2.05, 4.69) is 10.3 Å². The number of methoxy groups -OCH3 is 2. The first kappa shape index (κ1) is 24.2. The Kier molecular flexibility index (Phi) is 6.98. The summed E-state index contributed by atoms with van der Waals surface area (Å²) in [5, 5.41) is 8.18. The molecular weight excluding hydrogens is 473 g/mol. The van der Waals surface area contributed by atoms with Crippen LogP contribution in [0.2, 0.25) is 0 Å². The van der Waals surface area contributed by atoms with Gasteiger partial charge in [-0.3, -0.25) is 4.79 Å². The minimum Gasteiger partial charge on any atom is -0.497 e. The van der Waals surface area contributed by atoms with Crippen molar-refractivity contribution in [2.45, 2.75) is 26.0 Å². The van der Waals surface area contributed by atoms with Gasteiger partial charge in [0.05, 0.1) is 27.0 Å². The minimum atomic E-state index is -0.282. The molecule has 0 bridgehead atoms. The van der Waals surface area contributed by atoms with Crippen LogP contribution in [0.1, 0.15) is 39.2 Å². The smallest absolute Gasteiger partial charge is 0.189 e. The van der Waals surface area contributed by atoms with E-state index < -0.39 is 0 Å². The molecule has 0 aliphatic heterocycles. The van der Waals surface area contributed by atoms with Crippen LogP contribution in [0.4, 0.5) is 4.39 Å². The van der Waals surface area contributed by atoms with Crippen molar-refractivity contribution in [1.82, 2.24) is 15.0 Å². The SMILES string of the molecule is COc1ccc2c(c1)CC/C(=C\c1ccc(OCc3cn(Cc4ccccc4F)nn3)c(OC)c1)C2=O. The van der Waals surface area contributed by atoms with Gasteiger partial charge < -0.3 is 14.2 Å². The number of rotatable bonds is 8.